The molecule has 0 N–H and O–H groups in total. The van der Waals surface area contributed by atoms with Crippen LogP contribution in [0, 0.1) is 0 Å². The van der Waals surface area contributed by atoms with E-state index in [1.807, 2.05) is 0 Å². The molecule has 2 atom stereocenters. The van der Waals surface area contributed by atoms with E-state index in [1.54, 1.807) is 0 Å². The fraction of sp³-hybridized carbons (Fsp3) is 1.00. The Labute approximate surface area is 124 Å². The van der Waals surface area contributed by atoms with Crippen LogP contribution in [0.25, 0.3) is 0 Å². The molecule has 1 nitrogen and oxygen atoms in total. The smallest absolute Gasteiger partial charge is 0.189 e. The van der Waals surface area contributed by atoms with Crippen molar-refractivity contribution < 1.29 is 4.43 Å². The topological polar surface area (TPSA) is 9.23 Å². The molecule has 0 aromatic carbocycles. The fourth-order valence-electron chi connectivity index (χ4n) is 2.61. The van der Waals surface area contributed by atoms with Gasteiger partial charge in [0.15, 0.2) is 8.32 Å². The van der Waals surface area contributed by atoms with Gasteiger partial charge in [0.25, 0.3) is 0 Å². The van der Waals surface area contributed by atoms with Crippen molar-refractivity contribution in [3.63, 3.8) is 0 Å². The van der Waals surface area contributed by atoms with Crippen LogP contribution in [0.5, 0.6) is 0 Å². The zero-order valence-corrected chi connectivity index (χ0v) is 17.4. The van der Waals surface area contributed by atoms with Gasteiger partial charge in [-0.15, -0.1) is 0 Å². The van der Waals surface area contributed by atoms with Gasteiger partial charge >= 0.3 is 0 Å². The molecule has 0 heterocycles. The van der Waals surface area contributed by atoms with Gasteiger partial charge < -0.3 is 4.43 Å². The first kappa shape index (κ1) is 19.4. The molecule has 0 aliphatic heterocycles. The standard InChI is InChI=1S/C16H38OSi2/c1-12-14(3)18(8,9)17-16(7,13-2)19(10,11)15(4,5)6/h14H,12-13H2,1-11H3/t14-,16?/m1/s1. The van der Waals surface area contributed by atoms with Crippen LogP contribution in [-0.4, -0.2) is 21.6 Å². The van der Waals surface area contributed by atoms with Gasteiger partial charge in [0.2, 0.25) is 0 Å². The maximum absolute atomic E-state index is 6.92. The number of hydrogen-bond acceptors (Lipinski definition) is 1. The Morgan fingerprint density at radius 2 is 1.37 bits per heavy atom. The monoisotopic (exact) mass is 302 g/mol. The molecule has 116 valence electrons. The lowest BCUT2D eigenvalue weighted by Gasteiger charge is -2.53. The van der Waals surface area contributed by atoms with E-state index in [0.717, 1.165) is 12.0 Å². The first-order valence-corrected chi connectivity index (χ1v) is 13.9. The average Bonchev–Trinajstić information content (AvgIpc) is 2.25. The van der Waals surface area contributed by atoms with Crippen molar-refractivity contribution >= 4 is 16.4 Å². The maximum atomic E-state index is 6.92. The molecule has 0 aromatic heterocycles. The van der Waals surface area contributed by atoms with Crippen molar-refractivity contribution in [1.29, 1.82) is 0 Å². The summed E-state index contributed by atoms with van der Waals surface area (Å²) in [6, 6.07) is 0. The van der Waals surface area contributed by atoms with E-state index in [-0.39, 0.29) is 5.22 Å². The van der Waals surface area contributed by atoms with E-state index in [2.05, 4.69) is 74.7 Å². The summed E-state index contributed by atoms with van der Waals surface area (Å²) in [5.41, 5.74) is 0.725. The Bertz CT molecular complexity index is 292. The molecule has 0 aliphatic rings. The van der Waals surface area contributed by atoms with Crippen LogP contribution >= 0.6 is 0 Å². The van der Waals surface area contributed by atoms with Crippen LogP contribution in [0.2, 0.25) is 36.8 Å². The Morgan fingerprint density at radius 3 is 1.63 bits per heavy atom. The molecule has 19 heavy (non-hydrogen) atoms. The molecule has 0 saturated carbocycles. The molecule has 1 unspecified atom stereocenters. The predicted molar refractivity (Wildman–Crippen MR) is 94.2 cm³/mol. The van der Waals surface area contributed by atoms with Gasteiger partial charge in [0.05, 0.1) is 8.07 Å². The number of hydrogen-bond donors (Lipinski definition) is 0. The normalized spacial score (nSPS) is 19.1. The van der Waals surface area contributed by atoms with Crippen molar-refractivity contribution in [2.45, 2.75) is 103 Å². The van der Waals surface area contributed by atoms with Gasteiger partial charge in [-0.25, -0.2) is 0 Å². The molecule has 3 heteroatoms. The highest BCUT2D eigenvalue weighted by atomic mass is 28.4. The van der Waals surface area contributed by atoms with Crippen LogP contribution in [0.1, 0.15) is 61.3 Å². The second kappa shape index (κ2) is 6.02. The molecule has 0 spiro atoms. The zero-order valence-electron chi connectivity index (χ0n) is 15.4. The minimum absolute atomic E-state index is 0.0877. The molecule has 0 amide bonds. The van der Waals surface area contributed by atoms with Crippen molar-refractivity contribution in [2.75, 3.05) is 0 Å². The minimum atomic E-state index is -1.62. The van der Waals surface area contributed by atoms with E-state index in [9.17, 15) is 0 Å². The molecular formula is C16H38OSi2. The molecule has 0 saturated heterocycles. The summed E-state index contributed by atoms with van der Waals surface area (Å²) < 4.78 is 6.92. The molecule has 0 rings (SSSR count). The lowest BCUT2D eigenvalue weighted by molar-refractivity contribution is 0.139. The van der Waals surface area contributed by atoms with Gasteiger partial charge in [0, 0.05) is 5.22 Å². The molecule has 0 bridgehead atoms. The lowest BCUT2D eigenvalue weighted by atomic mass is 10.2. The Kier molecular flexibility index (Phi) is 6.15. The second-order valence-corrected chi connectivity index (χ2v) is 18.7. The fourth-order valence-corrected chi connectivity index (χ4v) is 9.38. The van der Waals surface area contributed by atoms with Crippen LogP contribution in [0.15, 0.2) is 0 Å². The van der Waals surface area contributed by atoms with Crippen molar-refractivity contribution in [1.82, 2.24) is 0 Å². The summed E-state index contributed by atoms with van der Waals surface area (Å²) in [7, 11) is -3.13. The largest absolute Gasteiger partial charge is 0.415 e. The third-order valence-corrected chi connectivity index (χ3v) is 17.0. The third kappa shape index (κ3) is 3.95. The van der Waals surface area contributed by atoms with E-state index >= 15 is 0 Å². The van der Waals surface area contributed by atoms with Gasteiger partial charge in [-0.3, -0.25) is 0 Å². The highest BCUT2D eigenvalue weighted by Crippen LogP contribution is 2.47. The highest BCUT2D eigenvalue weighted by Gasteiger charge is 2.52. The van der Waals surface area contributed by atoms with Crippen LogP contribution < -0.4 is 0 Å². The van der Waals surface area contributed by atoms with E-state index in [1.165, 1.54) is 6.42 Å². The van der Waals surface area contributed by atoms with Crippen molar-refractivity contribution in [3.8, 4) is 0 Å². The van der Waals surface area contributed by atoms with Gasteiger partial charge in [-0.1, -0.05) is 61.1 Å². The Balaban J connectivity index is 5.42. The molecule has 0 fully saturated rings. The molecule has 0 aromatic rings. The van der Waals surface area contributed by atoms with Crippen LogP contribution in [0.3, 0.4) is 0 Å². The Hall–Kier alpha value is 0.394. The summed E-state index contributed by atoms with van der Waals surface area (Å²) in [5.74, 6) is 0. The first-order valence-electron chi connectivity index (χ1n) is 7.95. The highest BCUT2D eigenvalue weighted by molar-refractivity contribution is 6.84. The van der Waals surface area contributed by atoms with Gasteiger partial charge in [-0.05, 0) is 37.0 Å². The van der Waals surface area contributed by atoms with E-state index in [0.29, 0.717) is 5.04 Å². The van der Waals surface area contributed by atoms with Crippen molar-refractivity contribution in [2.24, 2.45) is 0 Å². The summed E-state index contributed by atoms with van der Waals surface area (Å²) in [5, 5.41) is 0.460. The van der Waals surface area contributed by atoms with Crippen molar-refractivity contribution in [3.05, 3.63) is 0 Å². The molecular weight excluding hydrogens is 264 g/mol. The summed E-state index contributed by atoms with van der Waals surface area (Å²) in [4.78, 5) is 0. The van der Waals surface area contributed by atoms with Crippen LogP contribution in [-0.2, 0) is 4.43 Å². The second-order valence-electron chi connectivity index (χ2n) is 8.47. The average molecular weight is 303 g/mol. The maximum Gasteiger partial charge on any atom is 0.189 e. The summed E-state index contributed by atoms with van der Waals surface area (Å²) in [6.45, 7) is 26.4. The summed E-state index contributed by atoms with van der Waals surface area (Å²) >= 11 is 0. The summed E-state index contributed by atoms with van der Waals surface area (Å²) in [6.07, 6.45) is 2.37. The number of rotatable bonds is 6. The van der Waals surface area contributed by atoms with Crippen LogP contribution in [0.4, 0.5) is 0 Å². The van der Waals surface area contributed by atoms with E-state index < -0.39 is 16.4 Å². The zero-order chi connectivity index (χ0) is 15.7. The van der Waals surface area contributed by atoms with Gasteiger partial charge in [-0.2, -0.15) is 0 Å². The van der Waals surface area contributed by atoms with Gasteiger partial charge in [0.1, 0.15) is 0 Å². The third-order valence-electron chi connectivity index (χ3n) is 6.16. The quantitative estimate of drug-likeness (QED) is 0.529. The van der Waals surface area contributed by atoms with E-state index in [4.69, 9.17) is 4.43 Å². The minimum Gasteiger partial charge on any atom is -0.415 e. The molecule has 0 aliphatic carbocycles. The first-order chi connectivity index (χ1) is 8.25. The lowest BCUT2D eigenvalue weighted by Crippen LogP contribution is -2.63. The predicted octanol–water partition coefficient (Wildman–Crippen LogP) is 6.22. The Morgan fingerprint density at radius 1 is 0.947 bits per heavy atom. The SMILES string of the molecule is CC[C@@H](C)[Si](C)(C)OC(C)(CC)[Si](C)(C)C(C)(C)C. The molecule has 0 radical (unpaired) electrons.